The molecule has 4 aromatic rings. The van der Waals surface area contributed by atoms with Gasteiger partial charge < -0.3 is 29.7 Å². The first-order valence-electron chi connectivity index (χ1n) is 18.7. The second-order valence-corrected chi connectivity index (χ2v) is 17.1. The molecular formula is C37H41F4N11O4S. The number of piperidine rings is 1. The number of aromatic nitrogens is 6. The number of carbonyl (C=O) groups is 1. The third kappa shape index (κ3) is 7.63. The molecule has 0 spiro atoms. The molecule has 0 saturated carbocycles. The number of fused-ring (bicyclic) bond motifs is 1. The van der Waals surface area contributed by atoms with Crippen LogP contribution in [0.25, 0.3) is 10.8 Å². The van der Waals surface area contributed by atoms with Crippen molar-refractivity contribution in [2.45, 2.75) is 49.0 Å². The van der Waals surface area contributed by atoms with Crippen LogP contribution in [-0.4, -0.2) is 126 Å². The van der Waals surface area contributed by atoms with E-state index in [2.05, 4.69) is 42.0 Å². The number of sulfone groups is 1. The topological polar surface area (TPSA) is 163 Å². The number of amides is 1. The Morgan fingerprint density at radius 1 is 0.947 bits per heavy atom. The molecule has 4 atom stereocenters. The van der Waals surface area contributed by atoms with Crippen LogP contribution >= 0.6 is 0 Å². The van der Waals surface area contributed by atoms with Gasteiger partial charge in [-0.15, -0.1) is 5.10 Å². The summed E-state index contributed by atoms with van der Waals surface area (Å²) in [4.78, 5) is 37.1. The van der Waals surface area contributed by atoms with Crippen molar-refractivity contribution < 1.29 is 35.5 Å². The summed E-state index contributed by atoms with van der Waals surface area (Å²) >= 11 is 0. The molecule has 1 amide bonds. The van der Waals surface area contributed by atoms with Crippen molar-refractivity contribution in [1.82, 2.24) is 35.0 Å². The molecule has 1 N–H and O–H groups in total. The highest BCUT2D eigenvalue weighted by molar-refractivity contribution is 7.92. The van der Waals surface area contributed by atoms with Crippen molar-refractivity contribution in [2.75, 3.05) is 78.7 Å². The predicted molar refractivity (Wildman–Crippen MR) is 204 cm³/mol. The van der Waals surface area contributed by atoms with Gasteiger partial charge in [0.1, 0.15) is 23.5 Å². The molecule has 0 aromatic carbocycles. The third-order valence-electron chi connectivity index (χ3n) is 11.3. The minimum atomic E-state index is -4.63. The summed E-state index contributed by atoms with van der Waals surface area (Å²) in [7, 11) is -2.05. The lowest BCUT2D eigenvalue weighted by Crippen LogP contribution is -2.60. The second kappa shape index (κ2) is 15.3. The van der Waals surface area contributed by atoms with E-state index >= 15 is 0 Å². The summed E-state index contributed by atoms with van der Waals surface area (Å²) in [6.45, 7) is 5.57. The lowest BCUT2D eigenvalue weighted by Gasteiger charge is -2.47. The van der Waals surface area contributed by atoms with Crippen LogP contribution in [0.4, 0.5) is 46.7 Å². The van der Waals surface area contributed by atoms with Crippen molar-refractivity contribution in [2.24, 2.45) is 5.92 Å². The van der Waals surface area contributed by atoms with Crippen LogP contribution < -0.4 is 20.0 Å². The number of hydrogen-bond acceptors (Lipinski definition) is 14. The first-order chi connectivity index (χ1) is 27.3. The fraction of sp³-hybridized carbons (Fsp3) is 0.486. The van der Waals surface area contributed by atoms with E-state index in [1.54, 1.807) is 33.2 Å². The second-order valence-electron chi connectivity index (χ2n) is 14.7. The Bertz CT molecular complexity index is 2280. The number of ether oxygens (including phenoxy) is 1. The lowest BCUT2D eigenvalue weighted by atomic mass is 9.94. The van der Waals surface area contributed by atoms with E-state index in [1.807, 2.05) is 11.0 Å². The van der Waals surface area contributed by atoms with Crippen LogP contribution in [0.15, 0.2) is 55.5 Å². The number of likely N-dealkylation sites (tertiary alicyclic amines) is 1. The minimum absolute atomic E-state index is 0.0451. The Labute approximate surface area is 326 Å². The molecule has 4 fully saturated rings. The molecule has 8 heterocycles. The highest BCUT2D eigenvalue weighted by Crippen LogP contribution is 2.40. The summed E-state index contributed by atoms with van der Waals surface area (Å²) in [5.74, 6) is 0.972. The number of anilines is 5. The number of nitrogens with one attached hydrogen (secondary N) is 1. The first-order valence-corrected chi connectivity index (χ1v) is 20.4. The van der Waals surface area contributed by atoms with E-state index in [-0.39, 0.29) is 48.9 Å². The normalized spacial score (nSPS) is 24.1. The summed E-state index contributed by atoms with van der Waals surface area (Å²) < 4.78 is 86.9. The summed E-state index contributed by atoms with van der Waals surface area (Å²) in [5, 5.41) is 13.0. The fourth-order valence-electron chi connectivity index (χ4n) is 8.25. The van der Waals surface area contributed by atoms with Crippen LogP contribution in [0, 0.1) is 5.92 Å². The largest absolute Gasteiger partial charge is 0.433 e. The Morgan fingerprint density at radius 2 is 1.75 bits per heavy atom. The molecule has 0 radical (unpaired) electrons. The number of pyridine rings is 2. The molecule has 15 nitrogen and oxygen atoms in total. The van der Waals surface area contributed by atoms with E-state index in [1.165, 1.54) is 19.3 Å². The van der Waals surface area contributed by atoms with Gasteiger partial charge in [-0.3, -0.25) is 9.78 Å². The van der Waals surface area contributed by atoms with Gasteiger partial charge in [-0.25, -0.2) is 22.8 Å². The van der Waals surface area contributed by atoms with Crippen molar-refractivity contribution in [3.05, 3.63) is 66.9 Å². The van der Waals surface area contributed by atoms with E-state index in [4.69, 9.17) is 4.74 Å². The maximum Gasteiger partial charge on any atom is 0.433 e. The van der Waals surface area contributed by atoms with E-state index in [0.29, 0.717) is 78.9 Å². The van der Waals surface area contributed by atoms with Crippen LogP contribution in [0.2, 0.25) is 0 Å². The number of nitrogens with zero attached hydrogens (tertiary/aromatic N) is 10. The van der Waals surface area contributed by atoms with Crippen LogP contribution in [-0.2, 0) is 25.5 Å². The molecule has 8 rings (SSSR count). The molecule has 4 saturated heterocycles. The molecule has 0 aliphatic carbocycles. The van der Waals surface area contributed by atoms with Crippen molar-refractivity contribution in [3.8, 4) is 0 Å². The number of methoxy groups -OCH3 is 1. The molecule has 0 bridgehead atoms. The average molecular weight is 812 g/mol. The van der Waals surface area contributed by atoms with Gasteiger partial charge in [0, 0.05) is 87.3 Å². The van der Waals surface area contributed by atoms with Gasteiger partial charge in [0.25, 0.3) is 0 Å². The Kier molecular flexibility index (Phi) is 10.3. The lowest BCUT2D eigenvalue weighted by molar-refractivity contribution is -0.141. The summed E-state index contributed by atoms with van der Waals surface area (Å²) in [6.07, 6.45) is 1.21. The van der Waals surface area contributed by atoms with Gasteiger partial charge >= 0.3 is 6.18 Å². The number of carbonyl (C=O) groups excluding carboxylic acids is 1. The smallest absolute Gasteiger partial charge is 0.378 e. The zero-order valence-corrected chi connectivity index (χ0v) is 31.8. The zero-order valence-electron chi connectivity index (χ0n) is 31.0. The number of hydrogen-bond donors (Lipinski definition) is 1. The first kappa shape index (κ1) is 38.6. The maximum absolute atomic E-state index is 14.7. The van der Waals surface area contributed by atoms with E-state index < -0.39 is 39.2 Å². The standard InChI is InChI=1S/C37H41F4N11O4S/c1-3-33(53)52-11-4-5-27(52)34-24-16-32(45-31-7-10-43-36(46-31)50-12-8-28(56-2)26(38)20-50)44-17-25(24)35(48-47-34)51-18-22(19-51)29-21-49(13-14-57(29,54)55)23-6-9-42-30(15-23)37(39,40)41/h3,6-7,9-10,15-17,22,26-29H,1,4-5,8,11-14,18-21H2,2H3,(H,43,44,45,46)/t26-,27?,28+,29?/m0/s1. The monoisotopic (exact) mass is 811 g/mol. The van der Waals surface area contributed by atoms with Gasteiger partial charge in [0.15, 0.2) is 15.7 Å². The highest BCUT2D eigenvalue weighted by Gasteiger charge is 2.45. The molecule has 302 valence electrons. The molecule has 4 aliphatic heterocycles. The van der Waals surface area contributed by atoms with Crippen LogP contribution in [0.5, 0.6) is 0 Å². The highest BCUT2D eigenvalue weighted by atomic mass is 32.2. The van der Waals surface area contributed by atoms with Gasteiger partial charge in [0.2, 0.25) is 11.9 Å². The molecule has 20 heteroatoms. The minimum Gasteiger partial charge on any atom is -0.378 e. The molecule has 57 heavy (non-hydrogen) atoms. The Hall–Kier alpha value is -5.24. The average Bonchev–Trinajstić information content (AvgIpc) is 3.67. The van der Waals surface area contributed by atoms with Crippen molar-refractivity contribution >= 4 is 55.6 Å². The number of halogens is 4. The van der Waals surface area contributed by atoms with E-state index in [0.717, 1.165) is 18.7 Å². The Morgan fingerprint density at radius 3 is 2.51 bits per heavy atom. The number of alkyl halides is 4. The number of rotatable bonds is 9. The zero-order chi connectivity index (χ0) is 40.1. The molecule has 4 aromatic heterocycles. The Balaban J connectivity index is 1.06. The van der Waals surface area contributed by atoms with Gasteiger partial charge in [-0.2, -0.15) is 23.3 Å². The van der Waals surface area contributed by atoms with Gasteiger partial charge in [-0.05, 0) is 49.6 Å². The molecular weight excluding hydrogens is 771 g/mol. The van der Waals surface area contributed by atoms with Gasteiger partial charge in [-0.1, -0.05) is 6.58 Å². The predicted octanol–water partition coefficient (Wildman–Crippen LogP) is 4.12. The third-order valence-corrected chi connectivity index (χ3v) is 13.5. The molecule has 4 aliphatic rings. The maximum atomic E-state index is 14.7. The quantitative estimate of drug-likeness (QED) is 0.190. The SMILES string of the molecule is C=CC(=O)N1CCCC1c1nnc(N2CC(C3CN(c4ccnc(C(F)(F)F)c4)CCS3(=O)=O)C2)c2cnc(Nc3ccnc(N4CC[C@@H](OC)[C@@H](F)C4)n3)cc12. The van der Waals surface area contributed by atoms with E-state index in [9.17, 15) is 30.8 Å². The van der Waals surface area contributed by atoms with Gasteiger partial charge in [0.05, 0.1) is 35.4 Å². The summed E-state index contributed by atoms with van der Waals surface area (Å²) in [5.41, 5.74) is -0.194. The van der Waals surface area contributed by atoms with Crippen LogP contribution in [0.3, 0.4) is 0 Å². The van der Waals surface area contributed by atoms with Crippen molar-refractivity contribution in [3.63, 3.8) is 0 Å². The van der Waals surface area contributed by atoms with Crippen LogP contribution in [0.1, 0.15) is 36.7 Å². The summed E-state index contributed by atoms with van der Waals surface area (Å²) in [6, 6.07) is 5.52. The molecule has 2 unspecified atom stereocenters. The van der Waals surface area contributed by atoms with Crippen molar-refractivity contribution in [1.29, 1.82) is 0 Å². The fourth-order valence-corrected chi connectivity index (χ4v) is 10.2.